The molecule has 0 fully saturated rings. The van der Waals surface area contributed by atoms with E-state index in [1.54, 1.807) is 48.5 Å². The van der Waals surface area contributed by atoms with Crippen molar-refractivity contribution in [3.63, 3.8) is 0 Å². The van der Waals surface area contributed by atoms with Gasteiger partial charge in [0.15, 0.2) is 0 Å². The molecular formula is C25H21N3O4. The van der Waals surface area contributed by atoms with Gasteiger partial charge in [-0.3, -0.25) is 14.4 Å². The maximum Gasteiger partial charge on any atom is 0.282 e. The average molecular weight is 427 g/mol. The van der Waals surface area contributed by atoms with Crippen LogP contribution in [0.4, 0.5) is 17.1 Å². The van der Waals surface area contributed by atoms with Gasteiger partial charge < -0.3 is 15.4 Å². The first kappa shape index (κ1) is 20.9. The molecule has 1 aliphatic rings. The monoisotopic (exact) mass is 427 g/mol. The molecule has 0 aromatic heterocycles. The van der Waals surface area contributed by atoms with Gasteiger partial charge in [0.1, 0.15) is 11.4 Å². The molecule has 0 atom stereocenters. The van der Waals surface area contributed by atoms with Crippen LogP contribution in [-0.4, -0.2) is 24.8 Å². The van der Waals surface area contributed by atoms with Gasteiger partial charge in [0.25, 0.3) is 11.8 Å². The molecule has 2 N–H and O–H groups in total. The zero-order chi connectivity index (χ0) is 22.7. The van der Waals surface area contributed by atoms with E-state index in [2.05, 4.69) is 10.6 Å². The highest BCUT2D eigenvalue weighted by Crippen LogP contribution is 2.35. The van der Waals surface area contributed by atoms with Crippen molar-refractivity contribution < 1.29 is 19.1 Å². The van der Waals surface area contributed by atoms with Gasteiger partial charge in [0.05, 0.1) is 24.1 Å². The molecule has 0 unspecified atom stereocenters. The first-order chi connectivity index (χ1) is 15.5. The van der Waals surface area contributed by atoms with Crippen LogP contribution in [0.15, 0.2) is 84.6 Å². The second-order valence-corrected chi connectivity index (χ2v) is 7.12. The number of nitrogens with zero attached hydrogens (tertiary/aromatic N) is 1. The lowest BCUT2D eigenvalue weighted by atomic mass is 10.0. The van der Waals surface area contributed by atoms with Crippen molar-refractivity contribution in [3.05, 3.63) is 90.1 Å². The molecule has 7 nitrogen and oxygen atoms in total. The van der Waals surface area contributed by atoms with Crippen molar-refractivity contribution in [3.8, 4) is 5.75 Å². The zero-order valence-corrected chi connectivity index (χ0v) is 17.6. The molecular weight excluding hydrogens is 406 g/mol. The lowest BCUT2D eigenvalue weighted by Gasteiger charge is -2.16. The molecule has 0 aliphatic carbocycles. The van der Waals surface area contributed by atoms with Gasteiger partial charge in [-0.15, -0.1) is 0 Å². The Kier molecular flexibility index (Phi) is 5.72. The van der Waals surface area contributed by atoms with Gasteiger partial charge in [-0.2, -0.15) is 0 Å². The molecule has 3 aromatic rings. The fourth-order valence-electron chi connectivity index (χ4n) is 3.53. The highest BCUT2D eigenvalue weighted by atomic mass is 16.5. The summed E-state index contributed by atoms with van der Waals surface area (Å²) in [7, 11) is 1.54. The smallest absolute Gasteiger partial charge is 0.282 e. The van der Waals surface area contributed by atoms with Gasteiger partial charge in [-0.1, -0.05) is 42.5 Å². The standard InChI is InChI=1S/C25H21N3O4/c1-16(29)26-18-12-14-19(15-13-18)28-24(30)22(17-8-4-3-5-9-17)23(25(28)31)27-20-10-6-7-11-21(20)32-2/h3-15,27H,1-2H3,(H,26,29). The highest BCUT2D eigenvalue weighted by Gasteiger charge is 2.40. The van der Waals surface area contributed by atoms with E-state index in [0.29, 0.717) is 28.4 Å². The van der Waals surface area contributed by atoms with E-state index in [1.165, 1.54) is 14.0 Å². The van der Waals surface area contributed by atoms with Crippen molar-refractivity contribution in [2.45, 2.75) is 6.92 Å². The van der Waals surface area contributed by atoms with E-state index in [4.69, 9.17) is 4.74 Å². The van der Waals surface area contributed by atoms with Crippen molar-refractivity contribution in [1.82, 2.24) is 0 Å². The Bertz CT molecular complexity index is 1220. The minimum absolute atomic E-state index is 0.164. The van der Waals surface area contributed by atoms with Crippen LogP contribution in [0.2, 0.25) is 0 Å². The van der Waals surface area contributed by atoms with Gasteiger partial charge in [-0.05, 0) is 42.0 Å². The molecule has 0 spiro atoms. The second-order valence-electron chi connectivity index (χ2n) is 7.12. The van der Waals surface area contributed by atoms with Crippen LogP contribution in [0.25, 0.3) is 5.57 Å². The lowest BCUT2D eigenvalue weighted by molar-refractivity contribution is -0.120. The summed E-state index contributed by atoms with van der Waals surface area (Å²) in [5, 5.41) is 5.78. The fourth-order valence-corrected chi connectivity index (χ4v) is 3.53. The summed E-state index contributed by atoms with van der Waals surface area (Å²) in [6.07, 6.45) is 0. The van der Waals surface area contributed by atoms with Crippen LogP contribution in [0, 0.1) is 0 Å². The summed E-state index contributed by atoms with van der Waals surface area (Å²) in [4.78, 5) is 39.3. The van der Waals surface area contributed by atoms with Crippen molar-refractivity contribution >= 4 is 40.4 Å². The number of methoxy groups -OCH3 is 1. The van der Waals surface area contributed by atoms with Crippen LogP contribution >= 0.6 is 0 Å². The number of carbonyl (C=O) groups is 3. The van der Waals surface area contributed by atoms with Crippen molar-refractivity contribution in [2.75, 3.05) is 22.6 Å². The van der Waals surface area contributed by atoms with E-state index in [9.17, 15) is 14.4 Å². The minimum atomic E-state index is -0.480. The Morgan fingerprint density at radius 3 is 2.16 bits per heavy atom. The van der Waals surface area contributed by atoms with E-state index < -0.39 is 11.8 Å². The first-order valence-corrected chi connectivity index (χ1v) is 9.95. The Balaban J connectivity index is 1.76. The largest absolute Gasteiger partial charge is 0.495 e. The number of para-hydroxylation sites is 2. The quantitative estimate of drug-likeness (QED) is 0.580. The first-order valence-electron chi connectivity index (χ1n) is 9.95. The average Bonchev–Trinajstić information content (AvgIpc) is 3.04. The molecule has 160 valence electrons. The molecule has 3 amide bonds. The van der Waals surface area contributed by atoms with E-state index >= 15 is 0 Å². The number of hydrogen-bond donors (Lipinski definition) is 2. The maximum atomic E-state index is 13.4. The maximum absolute atomic E-state index is 13.4. The highest BCUT2D eigenvalue weighted by molar-refractivity contribution is 6.46. The number of anilines is 3. The fraction of sp³-hybridized carbons (Fsp3) is 0.0800. The van der Waals surface area contributed by atoms with Gasteiger partial charge >= 0.3 is 0 Å². The summed E-state index contributed by atoms with van der Waals surface area (Å²) >= 11 is 0. The summed E-state index contributed by atoms with van der Waals surface area (Å²) in [6, 6.07) is 22.7. The number of nitrogens with one attached hydrogen (secondary N) is 2. The number of rotatable bonds is 6. The molecule has 0 saturated carbocycles. The van der Waals surface area contributed by atoms with Crippen LogP contribution in [0.5, 0.6) is 5.75 Å². The minimum Gasteiger partial charge on any atom is -0.495 e. The Morgan fingerprint density at radius 1 is 0.844 bits per heavy atom. The Hall–Kier alpha value is -4.39. The van der Waals surface area contributed by atoms with Crippen LogP contribution in [0.3, 0.4) is 0 Å². The zero-order valence-electron chi connectivity index (χ0n) is 17.6. The van der Waals surface area contributed by atoms with Gasteiger partial charge in [-0.25, -0.2) is 4.90 Å². The molecule has 0 saturated heterocycles. The molecule has 1 heterocycles. The van der Waals surface area contributed by atoms with Gasteiger partial charge in [0, 0.05) is 12.6 Å². The van der Waals surface area contributed by atoms with E-state index in [1.807, 2.05) is 30.3 Å². The number of benzene rings is 3. The summed E-state index contributed by atoms with van der Waals surface area (Å²) in [5.74, 6) is -0.578. The normalized spacial score (nSPS) is 13.4. The predicted molar refractivity (Wildman–Crippen MR) is 123 cm³/mol. The third-order valence-electron chi connectivity index (χ3n) is 4.96. The molecule has 3 aromatic carbocycles. The number of hydrogen-bond acceptors (Lipinski definition) is 5. The second kappa shape index (κ2) is 8.77. The summed E-state index contributed by atoms with van der Waals surface area (Å²) in [6.45, 7) is 1.41. The summed E-state index contributed by atoms with van der Waals surface area (Å²) < 4.78 is 5.39. The van der Waals surface area contributed by atoms with E-state index in [-0.39, 0.29) is 17.2 Å². The third-order valence-corrected chi connectivity index (χ3v) is 4.96. The topological polar surface area (TPSA) is 87.7 Å². The molecule has 7 heteroatoms. The van der Waals surface area contributed by atoms with Crippen molar-refractivity contribution in [2.24, 2.45) is 0 Å². The van der Waals surface area contributed by atoms with Crippen molar-refractivity contribution in [1.29, 1.82) is 0 Å². The Labute approximate surface area is 185 Å². The SMILES string of the molecule is COc1ccccc1NC1=C(c2ccccc2)C(=O)N(c2ccc(NC(C)=O)cc2)C1=O. The third kappa shape index (κ3) is 3.96. The molecule has 4 rings (SSSR count). The molecule has 32 heavy (non-hydrogen) atoms. The van der Waals surface area contributed by atoms with Crippen LogP contribution < -0.4 is 20.3 Å². The van der Waals surface area contributed by atoms with Crippen LogP contribution in [-0.2, 0) is 14.4 Å². The van der Waals surface area contributed by atoms with Gasteiger partial charge in [0.2, 0.25) is 5.91 Å². The summed E-state index contributed by atoms with van der Waals surface area (Å²) in [5.41, 5.74) is 2.61. The van der Waals surface area contributed by atoms with Crippen LogP contribution in [0.1, 0.15) is 12.5 Å². The van der Waals surface area contributed by atoms with E-state index in [0.717, 1.165) is 4.90 Å². The lowest BCUT2D eigenvalue weighted by Crippen LogP contribution is -2.32. The number of amides is 3. The Morgan fingerprint density at radius 2 is 1.50 bits per heavy atom. The predicted octanol–water partition coefficient (Wildman–Crippen LogP) is 4.05. The molecule has 0 bridgehead atoms. The molecule has 1 aliphatic heterocycles. The molecule has 0 radical (unpaired) electrons. The number of imide groups is 1. The number of carbonyl (C=O) groups excluding carboxylic acids is 3. The number of ether oxygens (including phenoxy) is 1.